The molecule has 1 heterocycles. The van der Waals surface area contributed by atoms with Gasteiger partial charge in [-0.25, -0.2) is 0 Å². The van der Waals surface area contributed by atoms with E-state index in [0.717, 1.165) is 12.3 Å². The lowest BCUT2D eigenvalue weighted by Gasteiger charge is -2.23. The maximum atomic E-state index is 5.76. The second kappa shape index (κ2) is 4.64. The Kier molecular flexibility index (Phi) is 3.23. The minimum absolute atomic E-state index is 0.336. The molecule has 0 aromatic heterocycles. The number of rotatable bonds is 2. The zero-order valence-electron chi connectivity index (χ0n) is 9.27. The van der Waals surface area contributed by atoms with Crippen molar-refractivity contribution in [2.45, 2.75) is 12.6 Å². The first-order valence-corrected chi connectivity index (χ1v) is 5.21. The van der Waals surface area contributed by atoms with Crippen LogP contribution < -0.4 is 4.74 Å². The van der Waals surface area contributed by atoms with Gasteiger partial charge < -0.3 is 9.47 Å². The van der Waals surface area contributed by atoms with Crippen molar-refractivity contribution in [2.75, 3.05) is 27.4 Å². The number of likely N-dealkylation sites (N-methyl/N-ethyl adjacent to an activating group) is 1. The Morgan fingerprint density at radius 3 is 3.07 bits per heavy atom. The van der Waals surface area contributed by atoms with E-state index in [9.17, 15) is 0 Å². The molecular weight excluding hydrogens is 190 g/mol. The van der Waals surface area contributed by atoms with Crippen LogP contribution in [0.15, 0.2) is 24.3 Å². The highest BCUT2D eigenvalue weighted by molar-refractivity contribution is 5.33. The van der Waals surface area contributed by atoms with Gasteiger partial charge in [0.2, 0.25) is 0 Å². The van der Waals surface area contributed by atoms with E-state index in [1.165, 1.54) is 5.56 Å². The van der Waals surface area contributed by atoms with Gasteiger partial charge in [-0.05, 0) is 13.1 Å². The predicted octanol–water partition coefficient (Wildman–Crippen LogP) is 1.53. The van der Waals surface area contributed by atoms with Crippen LogP contribution >= 0.6 is 0 Å². The summed E-state index contributed by atoms with van der Waals surface area (Å²) in [4.78, 5) is 2.27. The van der Waals surface area contributed by atoms with Gasteiger partial charge in [-0.3, -0.25) is 4.90 Å². The van der Waals surface area contributed by atoms with E-state index in [0.29, 0.717) is 19.3 Å². The molecule has 0 radical (unpaired) electrons. The van der Waals surface area contributed by atoms with E-state index in [1.54, 1.807) is 7.11 Å². The molecule has 1 unspecified atom stereocenters. The Hall–Kier alpha value is -1.06. The zero-order valence-corrected chi connectivity index (χ0v) is 9.27. The molecule has 82 valence electrons. The molecule has 0 saturated heterocycles. The largest absolute Gasteiger partial charge is 0.492 e. The predicted molar refractivity (Wildman–Crippen MR) is 59.1 cm³/mol. The van der Waals surface area contributed by atoms with Crippen LogP contribution in [-0.2, 0) is 11.3 Å². The summed E-state index contributed by atoms with van der Waals surface area (Å²) in [5.74, 6) is 1.00. The summed E-state index contributed by atoms with van der Waals surface area (Å²) in [5, 5.41) is 0. The monoisotopic (exact) mass is 207 g/mol. The maximum absolute atomic E-state index is 5.76. The van der Waals surface area contributed by atoms with Crippen molar-refractivity contribution in [3.8, 4) is 5.75 Å². The van der Waals surface area contributed by atoms with E-state index in [1.807, 2.05) is 18.2 Å². The van der Waals surface area contributed by atoms with Gasteiger partial charge in [-0.1, -0.05) is 18.2 Å². The molecule has 2 rings (SSSR count). The fraction of sp³-hybridized carbons (Fsp3) is 0.500. The zero-order chi connectivity index (χ0) is 10.7. The molecule has 3 nitrogen and oxygen atoms in total. The van der Waals surface area contributed by atoms with Crippen molar-refractivity contribution >= 4 is 0 Å². The first kappa shape index (κ1) is 10.5. The summed E-state index contributed by atoms with van der Waals surface area (Å²) >= 11 is 0. The molecule has 0 saturated carbocycles. The second-order valence-corrected chi connectivity index (χ2v) is 3.94. The lowest BCUT2D eigenvalue weighted by atomic mass is 10.2. The highest BCUT2D eigenvalue weighted by atomic mass is 16.5. The van der Waals surface area contributed by atoms with Crippen LogP contribution in [0.3, 0.4) is 0 Å². The van der Waals surface area contributed by atoms with Crippen LogP contribution in [0, 0.1) is 0 Å². The van der Waals surface area contributed by atoms with Crippen molar-refractivity contribution in [1.29, 1.82) is 0 Å². The van der Waals surface area contributed by atoms with Gasteiger partial charge in [-0.15, -0.1) is 0 Å². The number of para-hydroxylation sites is 1. The molecule has 1 aliphatic heterocycles. The molecule has 1 atom stereocenters. The van der Waals surface area contributed by atoms with Crippen molar-refractivity contribution in [3.63, 3.8) is 0 Å². The first-order valence-electron chi connectivity index (χ1n) is 5.21. The topological polar surface area (TPSA) is 21.7 Å². The molecule has 15 heavy (non-hydrogen) atoms. The number of hydrogen-bond donors (Lipinski definition) is 0. The minimum atomic E-state index is 0.336. The van der Waals surface area contributed by atoms with E-state index in [4.69, 9.17) is 9.47 Å². The van der Waals surface area contributed by atoms with Crippen molar-refractivity contribution < 1.29 is 9.47 Å². The third-order valence-electron chi connectivity index (χ3n) is 2.81. The molecule has 0 N–H and O–H groups in total. The summed E-state index contributed by atoms with van der Waals surface area (Å²) in [6.45, 7) is 2.33. The molecule has 3 heteroatoms. The molecule has 0 aliphatic carbocycles. The maximum Gasteiger partial charge on any atom is 0.123 e. The van der Waals surface area contributed by atoms with Gasteiger partial charge in [-0.2, -0.15) is 0 Å². The number of ether oxygens (including phenoxy) is 2. The normalized spacial score (nSPS) is 21.6. The molecule has 0 amide bonds. The molecule has 0 fully saturated rings. The van der Waals surface area contributed by atoms with Gasteiger partial charge in [0.05, 0.1) is 12.6 Å². The fourth-order valence-electron chi connectivity index (χ4n) is 1.85. The molecule has 1 aromatic rings. The first-order chi connectivity index (χ1) is 7.31. The summed E-state index contributed by atoms with van der Waals surface area (Å²) in [6, 6.07) is 8.53. The van der Waals surface area contributed by atoms with E-state index >= 15 is 0 Å². The van der Waals surface area contributed by atoms with Gasteiger partial charge in [0.25, 0.3) is 0 Å². The summed E-state index contributed by atoms with van der Waals surface area (Å²) in [6.07, 6.45) is 0. The average Bonchev–Trinajstić information content (AvgIpc) is 2.40. The molecular formula is C12H17NO2. The van der Waals surface area contributed by atoms with Gasteiger partial charge in [0.1, 0.15) is 12.4 Å². The Morgan fingerprint density at radius 1 is 1.47 bits per heavy atom. The average molecular weight is 207 g/mol. The van der Waals surface area contributed by atoms with Crippen LogP contribution in [0.2, 0.25) is 0 Å². The number of nitrogens with zero attached hydrogens (tertiary/aromatic N) is 1. The molecule has 0 spiro atoms. The van der Waals surface area contributed by atoms with Gasteiger partial charge in [0, 0.05) is 19.2 Å². The van der Waals surface area contributed by atoms with Crippen LogP contribution in [-0.4, -0.2) is 38.3 Å². The smallest absolute Gasteiger partial charge is 0.123 e. The summed E-state index contributed by atoms with van der Waals surface area (Å²) in [7, 11) is 3.83. The number of fused-ring (bicyclic) bond motifs is 1. The number of benzene rings is 1. The summed E-state index contributed by atoms with van der Waals surface area (Å²) in [5.41, 5.74) is 1.25. The standard InChI is InChI=1S/C12H17NO2/c1-13-7-10-5-3-4-6-12(10)15-9-11(13)8-14-2/h3-6,11H,7-9H2,1-2H3. The number of hydrogen-bond acceptors (Lipinski definition) is 3. The molecule has 0 bridgehead atoms. The third-order valence-corrected chi connectivity index (χ3v) is 2.81. The van der Waals surface area contributed by atoms with Crippen LogP contribution in [0.1, 0.15) is 5.56 Å². The Morgan fingerprint density at radius 2 is 2.27 bits per heavy atom. The Balaban J connectivity index is 2.15. The molecule has 1 aromatic carbocycles. The van der Waals surface area contributed by atoms with Crippen molar-refractivity contribution in [2.24, 2.45) is 0 Å². The highest BCUT2D eigenvalue weighted by Gasteiger charge is 2.21. The third kappa shape index (κ3) is 2.30. The van der Waals surface area contributed by atoms with E-state index in [-0.39, 0.29) is 0 Å². The highest BCUT2D eigenvalue weighted by Crippen LogP contribution is 2.23. The van der Waals surface area contributed by atoms with E-state index < -0.39 is 0 Å². The Labute approximate surface area is 90.6 Å². The fourth-order valence-corrected chi connectivity index (χ4v) is 1.85. The van der Waals surface area contributed by atoms with Gasteiger partial charge >= 0.3 is 0 Å². The Bertz CT molecular complexity index is 327. The van der Waals surface area contributed by atoms with Crippen molar-refractivity contribution in [1.82, 2.24) is 4.90 Å². The number of methoxy groups -OCH3 is 1. The van der Waals surface area contributed by atoms with Crippen LogP contribution in [0.4, 0.5) is 0 Å². The quantitative estimate of drug-likeness (QED) is 0.734. The lowest BCUT2D eigenvalue weighted by Crippen LogP contribution is -2.37. The van der Waals surface area contributed by atoms with Crippen LogP contribution in [0.5, 0.6) is 5.75 Å². The van der Waals surface area contributed by atoms with Crippen LogP contribution in [0.25, 0.3) is 0 Å². The summed E-state index contributed by atoms with van der Waals surface area (Å²) < 4.78 is 10.9. The molecule has 1 aliphatic rings. The van der Waals surface area contributed by atoms with Gasteiger partial charge in [0.15, 0.2) is 0 Å². The SMILES string of the molecule is COCC1COc2ccccc2CN1C. The second-order valence-electron chi connectivity index (χ2n) is 3.94. The van der Waals surface area contributed by atoms with E-state index in [2.05, 4.69) is 18.0 Å². The minimum Gasteiger partial charge on any atom is -0.492 e. The van der Waals surface area contributed by atoms with Crippen molar-refractivity contribution in [3.05, 3.63) is 29.8 Å². The lowest BCUT2D eigenvalue weighted by molar-refractivity contribution is 0.0794.